The van der Waals surface area contributed by atoms with Gasteiger partial charge in [-0.3, -0.25) is 9.36 Å². The first-order chi connectivity index (χ1) is 14.1. The number of aromatic nitrogens is 7. The fourth-order valence-electron chi connectivity index (χ4n) is 3.48. The lowest BCUT2D eigenvalue weighted by molar-refractivity contribution is 0.614. The highest BCUT2D eigenvalue weighted by Gasteiger charge is 2.24. The van der Waals surface area contributed by atoms with Gasteiger partial charge >= 0.3 is 0 Å². The van der Waals surface area contributed by atoms with Gasteiger partial charge in [-0.05, 0) is 31.2 Å². The van der Waals surface area contributed by atoms with Gasteiger partial charge in [0.05, 0.1) is 18.1 Å². The van der Waals surface area contributed by atoms with Crippen LogP contribution in [-0.4, -0.2) is 41.2 Å². The van der Waals surface area contributed by atoms with Gasteiger partial charge < -0.3 is 9.88 Å². The smallest absolute Gasteiger partial charge is 0.282 e. The van der Waals surface area contributed by atoms with Crippen LogP contribution in [0.3, 0.4) is 0 Å². The molecule has 5 rings (SSSR count). The van der Waals surface area contributed by atoms with Gasteiger partial charge in [0, 0.05) is 13.2 Å². The Bertz CT molecular complexity index is 1370. The first-order valence-electron chi connectivity index (χ1n) is 9.18. The number of rotatable bonds is 4. The zero-order chi connectivity index (χ0) is 20.0. The highest BCUT2D eigenvalue weighted by Crippen LogP contribution is 2.27. The molecule has 0 aliphatic heterocycles. The van der Waals surface area contributed by atoms with E-state index in [1.165, 1.54) is 6.33 Å². The number of benzene rings is 1. The summed E-state index contributed by atoms with van der Waals surface area (Å²) in [7, 11) is 1.91. The number of nitrogens with zero attached hydrogens (tertiary/aromatic N) is 7. The van der Waals surface area contributed by atoms with Crippen LogP contribution in [0.2, 0.25) is 0 Å². The second-order valence-electron chi connectivity index (χ2n) is 6.76. The monoisotopic (exact) mass is 386 g/mol. The minimum atomic E-state index is -0.267. The Balaban J connectivity index is 1.71. The van der Waals surface area contributed by atoms with Crippen molar-refractivity contribution in [2.24, 2.45) is 0 Å². The molecule has 0 fully saturated rings. The molecule has 0 unspecified atom stereocenters. The highest BCUT2D eigenvalue weighted by molar-refractivity contribution is 5.82. The van der Waals surface area contributed by atoms with E-state index in [1.807, 2.05) is 55.3 Å². The van der Waals surface area contributed by atoms with Crippen molar-refractivity contribution in [3.63, 3.8) is 0 Å². The van der Waals surface area contributed by atoms with E-state index in [-0.39, 0.29) is 11.6 Å². The maximum absolute atomic E-state index is 13.3. The van der Waals surface area contributed by atoms with Crippen LogP contribution in [0.5, 0.6) is 0 Å². The first kappa shape index (κ1) is 17.1. The van der Waals surface area contributed by atoms with E-state index in [2.05, 4.69) is 19.9 Å². The van der Waals surface area contributed by atoms with Crippen LogP contribution < -0.4 is 10.5 Å². The molecule has 0 radical (unpaired) electrons. The molecule has 9 nitrogen and oxygen atoms in total. The molecular weight excluding hydrogens is 368 g/mol. The number of imidazole rings is 1. The second-order valence-corrected chi connectivity index (χ2v) is 6.76. The third-order valence-corrected chi connectivity index (χ3v) is 5.10. The fourth-order valence-corrected chi connectivity index (χ4v) is 3.48. The van der Waals surface area contributed by atoms with Crippen LogP contribution in [0.4, 0.5) is 5.82 Å². The third kappa shape index (κ3) is 2.66. The van der Waals surface area contributed by atoms with Crippen LogP contribution in [0.15, 0.2) is 66.1 Å². The van der Waals surface area contributed by atoms with Crippen LogP contribution in [0.25, 0.3) is 22.4 Å². The number of para-hydroxylation sites is 1. The van der Waals surface area contributed by atoms with Crippen molar-refractivity contribution < 1.29 is 0 Å². The van der Waals surface area contributed by atoms with Crippen molar-refractivity contribution >= 4 is 22.5 Å². The lowest BCUT2D eigenvalue weighted by atomic mass is 10.2. The molecule has 0 amide bonds. The molecule has 1 N–H and O–H groups in total. The lowest BCUT2D eigenvalue weighted by Gasteiger charge is -2.27. The summed E-state index contributed by atoms with van der Waals surface area (Å²) < 4.78 is 3.27. The summed E-state index contributed by atoms with van der Waals surface area (Å²) in [5.41, 5.74) is 2.48. The van der Waals surface area contributed by atoms with Crippen molar-refractivity contribution in [2.45, 2.75) is 13.0 Å². The molecule has 0 aliphatic rings. The minimum absolute atomic E-state index is 0.124. The zero-order valence-electron chi connectivity index (χ0n) is 15.9. The van der Waals surface area contributed by atoms with Crippen LogP contribution in [-0.2, 0) is 0 Å². The van der Waals surface area contributed by atoms with Crippen molar-refractivity contribution in [2.75, 3.05) is 11.9 Å². The van der Waals surface area contributed by atoms with E-state index >= 15 is 0 Å². The molecule has 0 saturated carbocycles. The maximum Gasteiger partial charge on any atom is 0.282 e. The largest absolute Gasteiger partial charge is 0.348 e. The Labute approximate surface area is 165 Å². The molecule has 0 saturated heterocycles. The summed E-state index contributed by atoms with van der Waals surface area (Å²) >= 11 is 0. The molecule has 0 spiro atoms. The van der Waals surface area contributed by atoms with Gasteiger partial charge in [0.1, 0.15) is 17.4 Å². The highest BCUT2D eigenvalue weighted by atomic mass is 16.1. The Morgan fingerprint density at radius 2 is 1.90 bits per heavy atom. The molecule has 9 heteroatoms. The third-order valence-electron chi connectivity index (χ3n) is 5.10. The molecule has 144 valence electrons. The number of nitrogens with one attached hydrogen (secondary N) is 1. The van der Waals surface area contributed by atoms with E-state index in [0.29, 0.717) is 22.8 Å². The number of aromatic amines is 1. The normalized spacial score (nSPS) is 12.5. The van der Waals surface area contributed by atoms with Crippen LogP contribution in [0.1, 0.15) is 18.8 Å². The van der Waals surface area contributed by atoms with Crippen molar-refractivity contribution in [1.82, 2.24) is 34.1 Å². The van der Waals surface area contributed by atoms with Gasteiger partial charge in [-0.1, -0.05) is 18.2 Å². The molecule has 0 aliphatic carbocycles. The predicted octanol–water partition coefficient (Wildman–Crippen LogP) is 2.35. The van der Waals surface area contributed by atoms with Crippen LogP contribution in [0, 0.1) is 0 Å². The molecule has 0 bridgehead atoms. The van der Waals surface area contributed by atoms with Gasteiger partial charge in [0.2, 0.25) is 0 Å². The van der Waals surface area contributed by atoms with Gasteiger partial charge in [-0.15, -0.1) is 0 Å². The topological polar surface area (TPSA) is 97.0 Å². The van der Waals surface area contributed by atoms with Crippen molar-refractivity contribution in [3.8, 4) is 5.69 Å². The Hall–Kier alpha value is -4.01. The Morgan fingerprint density at radius 3 is 2.72 bits per heavy atom. The maximum atomic E-state index is 13.3. The number of anilines is 1. The van der Waals surface area contributed by atoms with Crippen molar-refractivity contribution in [3.05, 3.63) is 77.5 Å². The number of hydrogen-bond acceptors (Lipinski definition) is 6. The average molecular weight is 386 g/mol. The van der Waals surface area contributed by atoms with Gasteiger partial charge in [0.15, 0.2) is 17.3 Å². The number of fused-ring (bicyclic) bond motifs is 2. The number of hydrogen-bond donors (Lipinski definition) is 1. The summed E-state index contributed by atoms with van der Waals surface area (Å²) in [6, 6.07) is 12.8. The number of H-pyrrole nitrogens is 1. The summed E-state index contributed by atoms with van der Waals surface area (Å²) in [6.45, 7) is 1.99. The second kappa shape index (κ2) is 6.55. The molecule has 4 aromatic heterocycles. The zero-order valence-corrected chi connectivity index (χ0v) is 15.9. The Morgan fingerprint density at radius 1 is 1.07 bits per heavy atom. The predicted molar refractivity (Wildman–Crippen MR) is 109 cm³/mol. The standard InChI is InChI=1S/C20H18N8O/c1-13(26(2)19-16-17(22-11-21-16)23-12-24-19)18-25-27-10-6-9-15(27)20(29)28(18)14-7-4-3-5-8-14/h3-13H,1-2H3,(H,21,22,23,24)/t13-/m0/s1. The molecule has 4 heterocycles. The van der Waals surface area contributed by atoms with Crippen molar-refractivity contribution in [1.29, 1.82) is 0 Å². The van der Waals surface area contributed by atoms with Gasteiger partial charge in [-0.2, -0.15) is 5.10 Å². The van der Waals surface area contributed by atoms with E-state index in [9.17, 15) is 4.79 Å². The molecule has 5 aromatic rings. The lowest BCUT2D eigenvalue weighted by Crippen LogP contribution is -2.33. The summed E-state index contributed by atoms with van der Waals surface area (Å²) in [5, 5.41) is 4.76. The van der Waals surface area contributed by atoms with Gasteiger partial charge in [0.25, 0.3) is 5.56 Å². The quantitative estimate of drug-likeness (QED) is 0.509. The van der Waals surface area contributed by atoms with E-state index in [4.69, 9.17) is 5.10 Å². The first-order valence-corrected chi connectivity index (χ1v) is 9.18. The molecule has 29 heavy (non-hydrogen) atoms. The molecule has 1 aromatic carbocycles. The van der Waals surface area contributed by atoms with E-state index in [0.717, 1.165) is 11.2 Å². The fraction of sp³-hybridized carbons (Fsp3) is 0.150. The van der Waals surface area contributed by atoms with E-state index < -0.39 is 0 Å². The molecular formula is C20H18N8O. The minimum Gasteiger partial charge on any atom is -0.348 e. The summed E-state index contributed by atoms with van der Waals surface area (Å²) in [4.78, 5) is 31.1. The molecule has 1 atom stereocenters. The average Bonchev–Trinajstić information content (AvgIpc) is 3.42. The van der Waals surface area contributed by atoms with Crippen LogP contribution >= 0.6 is 0 Å². The van der Waals surface area contributed by atoms with Gasteiger partial charge in [-0.25, -0.2) is 19.5 Å². The Kier molecular flexibility index (Phi) is 3.87. The SMILES string of the molecule is C[C@@H](c1nn2cccc2c(=O)n1-c1ccccc1)N(C)c1ncnc2nc[nH]c12. The summed E-state index contributed by atoms with van der Waals surface area (Å²) in [5.74, 6) is 1.28. The summed E-state index contributed by atoms with van der Waals surface area (Å²) in [6.07, 6.45) is 4.85. The van der Waals surface area contributed by atoms with E-state index in [1.54, 1.807) is 27.7 Å².